The molecule has 0 fully saturated rings. The fourth-order valence-corrected chi connectivity index (χ4v) is 1.34. The Morgan fingerprint density at radius 3 is 2.67 bits per heavy atom. The Morgan fingerprint density at radius 2 is 2.13 bits per heavy atom. The summed E-state index contributed by atoms with van der Waals surface area (Å²) in [5.74, 6) is 0.168. The number of nitrogens with zero attached hydrogens (tertiary/aromatic N) is 2. The maximum absolute atomic E-state index is 11.3. The highest BCUT2D eigenvalue weighted by Gasteiger charge is 2.11. The molecule has 1 aromatic rings. The van der Waals surface area contributed by atoms with Crippen LogP contribution in [0.5, 0.6) is 0 Å². The van der Waals surface area contributed by atoms with Crippen LogP contribution in [0.15, 0.2) is 6.07 Å². The zero-order valence-corrected chi connectivity index (χ0v) is 9.57. The van der Waals surface area contributed by atoms with Crippen LogP contribution in [0.1, 0.15) is 35.9 Å². The molecule has 0 aliphatic carbocycles. The molecule has 0 spiro atoms. The number of ether oxygens (including phenoxy) is 1. The molecule has 0 saturated heterocycles. The third-order valence-corrected chi connectivity index (χ3v) is 1.89. The predicted octanol–water partition coefficient (Wildman–Crippen LogP) is 1.77. The summed E-state index contributed by atoms with van der Waals surface area (Å²) in [6.07, 6.45) is 0.841. The molecule has 82 valence electrons. The molecule has 15 heavy (non-hydrogen) atoms. The highest BCUT2D eigenvalue weighted by atomic mass is 16.5. The molecule has 0 amide bonds. The van der Waals surface area contributed by atoms with E-state index in [0.29, 0.717) is 5.92 Å². The van der Waals surface area contributed by atoms with E-state index in [9.17, 15) is 4.79 Å². The van der Waals surface area contributed by atoms with Gasteiger partial charge in [0.15, 0.2) is 0 Å². The predicted molar refractivity (Wildman–Crippen MR) is 56.7 cm³/mol. The molecule has 0 saturated carbocycles. The number of aryl methyl sites for hydroxylation is 1. The van der Waals surface area contributed by atoms with Gasteiger partial charge in [0.1, 0.15) is 0 Å². The summed E-state index contributed by atoms with van der Waals surface area (Å²) < 4.78 is 4.59. The van der Waals surface area contributed by atoms with Crippen LogP contribution in [0.4, 0.5) is 0 Å². The minimum Gasteiger partial charge on any atom is -0.463 e. The second-order valence-corrected chi connectivity index (χ2v) is 3.91. The number of hydrogen-bond donors (Lipinski definition) is 0. The van der Waals surface area contributed by atoms with Gasteiger partial charge in [-0.15, -0.1) is 0 Å². The SMILES string of the molecule is COC(=O)c1nc(C)cc(CC(C)C)n1. The van der Waals surface area contributed by atoms with Gasteiger partial charge >= 0.3 is 5.97 Å². The van der Waals surface area contributed by atoms with Gasteiger partial charge in [-0.05, 0) is 25.3 Å². The molecule has 0 bridgehead atoms. The summed E-state index contributed by atoms with van der Waals surface area (Å²) >= 11 is 0. The molecule has 1 rings (SSSR count). The second kappa shape index (κ2) is 4.87. The molecule has 4 nitrogen and oxygen atoms in total. The van der Waals surface area contributed by atoms with Crippen molar-refractivity contribution < 1.29 is 9.53 Å². The van der Waals surface area contributed by atoms with Crippen molar-refractivity contribution in [3.8, 4) is 0 Å². The van der Waals surface area contributed by atoms with Crippen molar-refractivity contribution in [3.05, 3.63) is 23.3 Å². The van der Waals surface area contributed by atoms with Gasteiger partial charge in [0.2, 0.25) is 5.82 Å². The van der Waals surface area contributed by atoms with E-state index < -0.39 is 5.97 Å². The van der Waals surface area contributed by atoms with Crippen molar-refractivity contribution in [1.82, 2.24) is 9.97 Å². The number of aromatic nitrogens is 2. The van der Waals surface area contributed by atoms with Crippen LogP contribution in [0, 0.1) is 12.8 Å². The van der Waals surface area contributed by atoms with Crippen LogP contribution in [0.3, 0.4) is 0 Å². The molecule has 0 aromatic carbocycles. The summed E-state index contributed by atoms with van der Waals surface area (Å²) in [6.45, 7) is 6.06. The fraction of sp³-hybridized carbons (Fsp3) is 0.545. The van der Waals surface area contributed by atoms with Crippen molar-refractivity contribution in [2.45, 2.75) is 27.2 Å². The quantitative estimate of drug-likeness (QED) is 0.710. The smallest absolute Gasteiger partial charge is 0.376 e. The largest absolute Gasteiger partial charge is 0.463 e. The highest BCUT2D eigenvalue weighted by molar-refractivity contribution is 5.85. The van der Waals surface area contributed by atoms with Gasteiger partial charge in [-0.1, -0.05) is 13.8 Å². The summed E-state index contributed by atoms with van der Waals surface area (Å²) in [6, 6.07) is 1.90. The molecule has 1 heterocycles. The molecule has 1 aromatic heterocycles. The minimum atomic E-state index is -0.483. The Hall–Kier alpha value is -1.45. The molecule has 0 aliphatic rings. The maximum Gasteiger partial charge on any atom is 0.376 e. The number of carbonyl (C=O) groups is 1. The average Bonchev–Trinajstić information content (AvgIpc) is 2.14. The summed E-state index contributed by atoms with van der Waals surface area (Å²) in [5, 5.41) is 0. The van der Waals surface area contributed by atoms with E-state index in [-0.39, 0.29) is 5.82 Å². The van der Waals surface area contributed by atoms with Crippen LogP contribution in [-0.4, -0.2) is 23.0 Å². The van der Waals surface area contributed by atoms with Crippen LogP contribution in [-0.2, 0) is 11.2 Å². The van der Waals surface area contributed by atoms with Crippen LogP contribution < -0.4 is 0 Å². The number of methoxy groups -OCH3 is 1. The van der Waals surface area contributed by atoms with Crippen LogP contribution >= 0.6 is 0 Å². The molecular weight excluding hydrogens is 192 g/mol. The van der Waals surface area contributed by atoms with Gasteiger partial charge in [0, 0.05) is 11.4 Å². The lowest BCUT2D eigenvalue weighted by Gasteiger charge is -2.06. The molecule has 0 atom stereocenters. The van der Waals surface area contributed by atoms with Crippen molar-refractivity contribution in [2.75, 3.05) is 7.11 Å². The standard InChI is InChI=1S/C11H16N2O2/c1-7(2)5-9-6-8(3)12-10(13-9)11(14)15-4/h6-7H,5H2,1-4H3. The van der Waals surface area contributed by atoms with E-state index in [4.69, 9.17) is 0 Å². The molecule has 4 heteroatoms. The Kier molecular flexibility index (Phi) is 3.77. The van der Waals surface area contributed by atoms with Crippen LogP contribution in [0.25, 0.3) is 0 Å². The summed E-state index contributed by atoms with van der Waals surface area (Å²) in [7, 11) is 1.33. The molecule has 0 radical (unpaired) electrons. The third kappa shape index (κ3) is 3.31. The average molecular weight is 208 g/mol. The van der Waals surface area contributed by atoms with Crippen LogP contribution in [0.2, 0.25) is 0 Å². The fourth-order valence-electron chi connectivity index (χ4n) is 1.34. The second-order valence-electron chi connectivity index (χ2n) is 3.91. The van der Waals surface area contributed by atoms with Gasteiger partial charge in [0.05, 0.1) is 7.11 Å². The third-order valence-electron chi connectivity index (χ3n) is 1.89. The number of rotatable bonds is 3. The lowest BCUT2D eigenvalue weighted by molar-refractivity contribution is 0.0586. The monoisotopic (exact) mass is 208 g/mol. The first-order valence-electron chi connectivity index (χ1n) is 4.95. The van der Waals surface area contributed by atoms with Crippen molar-refractivity contribution >= 4 is 5.97 Å². The van der Waals surface area contributed by atoms with Gasteiger partial charge < -0.3 is 4.74 Å². The Balaban J connectivity index is 2.99. The van der Waals surface area contributed by atoms with E-state index in [1.54, 1.807) is 0 Å². The molecule has 0 aliphatic heterocycles. The summed E-state index contributed by atoms with van der Waals surface area (Å²) in [5.41, 5.74) is 1.68. The first-order chi connectivity index (χ1) is 7.02. The van der Waals surface area contributed by atoms with E-state index >= 15 is 0 Å². The lowest BCUT2D eigenvalue weighted by Crippen LogP contribution is -2.11. The zero-order chi connectivity index (χ0) is 11.4. The Morgan fingerprint density at radius 1 is 1.47 bits per heavy atom. The lowest BCUT2D eigenvalue weighted by atomic mass is 10.1. The van der Waals surface area contributed by atoms with E-state index in [1.807, 2.05) is 13.0 Å². The topological polar surface area (TPSA) is 52.1 Å². The first-order valence-corrected chi connectivity index (χ1v) is 4.95. The van der Waals surface area contributed by atoms with Gasteiger partial charge in [0.25, 0.3) is 0 Å². The molecular formula is C11H16N2O2. The van der Waals surface area contributed by atoms with Gasteiger partial charge in [-0.3, -0.25) is 0 Å². The first kappa shape index (κ1) is 11.6. The Bertz CT molecular complexity index is 362. The van der Waals surface area contributed by atoms with Gasteiger partial charge in [-0.25, -0.2) is 14.8 Å². The van der Waals surface area contributed by atoms with E-state index in [0.717, 1.165) is 17.8 Å². The van der Waals surface area contributed by atoms with Crippen molar-refractivity contribution in [3.63, 3.8) is 0 Å². The highest BCUT2D eigenvalue weighted by Crippen LogP contribution is 2.07. The minimum absolute atomic E-state index is 0.146. The van der Waals surface area contributed by atoms with Crippen molar-refractivity contribution in [2.24, 2.45) is 5.92 Å². The normalized spacial score (nSPS) is 10.5. The van der Waals surface area contributed by atoms with E-state index in [1.165, 1.54) is 7.11 Å². The molecule has 0 N–H and O–H groups in total. The molecule has 0 unspecified atom stereocenters. The van der Waals surface area contributed by atoms with Gasteiger partial charge in [-0.2, -0.15) is 0 Å². The zero-order valence-electron chi connectivity index (χ0n) is 9.57. The number of esters is 1. The number of carbonyl (C=O) groups excluding carboxylic acids is 1. The maximum atomic E-state index is 11.3. The van der Waals surface area contributed by atoms with Crippen molar-refractivity contribution in [1.29, 1.82) is 0 Å². The summed E-state index contributed by atoms with van der Waals surface area (Å²) in [4.78, 5) is 19.4. The number of hydrogen-bond acceptors (Lipinski definition) is 4. The Labute approximate surface area is 89.7 Å². The van der Waals surface area contributed by atoms with E-state index in [2.05, 4.69) is 28.6 Å².